The van der Waals surface area contributed by atoms with Crippen LogP contribution in [0.25, 0.3) is 6.08 Å². The summed E-state index contributed by atoms with van der Waals surface area (Å²) in [5, 5.41) is -0.0497. The molecule has 0 heterocycles. The van der Waals surface area contributed by atoms with Crippen molar-refractivity contribution in [2.45, 2.75) is 0 Å². The lowest BCUT2D eigenvalue weighted by molar-refractivity contribution is -0.107. The second kappa shape index (κ2) is 7.81. The zero-order valence-corrected chi connectivity index (χ0v) is 13.6. The zero-order chi connectivity index (χ0) is 16.8. The van der Waals surface area contributed by atoms with Crippen molar-refractivity contribution in [1.29, 1.82) is 0 Å². The summed E-state index contributed by atoms with van der Waals surface area (Å²) in [6.45, 7) is 0. The van der Waals surface area contributed by atoms with Gasteiger partial charge in [0, 0.05) is 5.02 Å². The van der Waals surface area contributed by atoms with Gasteiger partial charge >= 0.3 is 5.97 Å². The number of benzene rings is 2. The fourth-order valence-electron chi connectivity index (χ4n) is 1.78. The lowest BCUT2D eigenvalue weighted by Crippen LogP contribution is -2.09. The average Bonchev–Trinajstić information content (AvgIpc) is 2.54. The van der Waals surface area contributed by atoms with Crippen molar-refractivity contribution in [3.63, 3.8) is 0 Å². The molecule has 0 radical (unpaired) electrons. The largest absolute Gasteiger partial charge is 0.493 e. The minimum atomic E-state index is -0.581. The smallest absolute Gasteiger partial charge is 0.343 e. The van der Waals surface area contributed by atoms with Crippen LogP contribution >= 0.6 is 23.2 Å². The van der Waals surface area contributed by atoms with Crippen molar-refractivity contribution in [1.82, 2.24) is 0 Å². The predicted molar refractivity (Wildman–Crippen MR) is 89.3 cm³/mol. The quantitative estimate of drug-likeness (QED) is 0.348. The van der Waals surface area contributed by atoms with Crippen molar-refractivity contribution in [2.75, 3.05) is 7.11 Å². The van der Waals surface area contributed by atoms with Crippen LogP contribution in [-0.4, -0.2) is 18.3 Å². The molecule has 4 nitrogen and oxygen atoms in total. The molecule has 2 aromatic rings. The van der Waals surface area contributed by atoms with E-state index in [0.29, 0.717) is 21.9 Å². The molecule has 0 aromatic heterocycles. The molecular formula is C17H12Cl2O4. The number of hydrogen-bond donors (Lipinski definition) is 0. The van der Waals surface area contributed by atoms with E-state index in [4.69, 9.17) is 32.7 Å². The van der Waals surface area contributed by atoms with Crippen molar-refractivity contribution in [2.24, 2.45) is 0 Å². The molecule has 0 aliphatic heterocycles. The van der Waals surface area contributed by atoms with E-state index < -0.39 is 11.2 Å². The van der Waals surface area contributed by atoms with Crippen LogP contribution in [0.5, 0.6) is 11.5 Å². The summed E-state index contributed by atoms with van der Waals surface area (Å²) >= 11 is 11.0. The summed E-state index contributed by atoms with van der Waals surface area (Å²) < 4.78 is 10.5. The minimum absolute atomic E-state index is 0.266. The highest BCUT2D eigenvalue weighted by Gasteiger charge is 2.12. The third-order valence-corrected chi connectivity index (χ3v) is 3.26. The zero-order valence-electron chi connectivity index (χ0n) is 12.1. The van der Waals surface area contributed by atoms with Crippen LogP contribution in [0.3, 0.4) is 0 Å². The van der Waals surface area contributed by atoms with Gasteiger partial charge in [-0.05, 0) is 59.6 Å². The first-order valence-corrected chi connectivity index (χ1v) is 7.28. The van der Waals surface area contributed by atoms with Crippen molar-refractivity contribution in [3.05, 3.63) is 64.7 Å². The molecular weight excluding hydrogens is 339 g/mol. The van der Waals surface area contributed by atoms with E-state index in [1.807, 2.05) is 0 Å². The lowest BCUT2D eigenvalue weighted by atomic mass is 10.2. The molecule has 0 saturated carbocycles. The van der Waals surface area contributed by atoms with Crippen LogP contribution < -0.4 is 9.47 Å². The topological polar surface area (TPSA) is 52.6 Å². The van der Waals surface area contributed by atoms with Gasteiger partial charge in [-0.2, -0.15) is 0 Å². The Morgan fingerprint density at radius 1 is 1.04 bits per heavy atom. The number of esters is 1. The summed E-state index contributed by atoms with van der Waals surface area (Å²) in [5.74, 6) is 0.0949. The van der Waals surface area contributed by atoms with E-state index in [0.717, 1.165) is 0 Å². The molecule has 2 rings (SSSR count). The maximum atomic E-state index is 12.1. The molecule has 23 heavy (non-hydrogen) atoms. The van der Waals surface area contributed by atoms with Gasteiger partial charge in [-0.1, -0.05) is 23.7 Å². The van der Waals surface area contributed by atoms with Gasteiger partial charge in [-0.3, -0.25) is 4.79 Å². The summed E-state index contributed by atoms with van der Waals surface area (Å²) in [6, 6.07) is 11.2. The summed E-state index contributed by atoms with van der Waals surface area (Å²) in [6.07, 6.45) is 2.75. The Morgan fingerprint density at radius 3 is 2.35 bits per heavy atom. The second-order valence-electron chi connectivity index (χ2n) is 4.44. The Labute approximate surface area is 143 Å². The number of rotatable bonds is 5. The molecule has 6 heteroatoms. The normalized spacial score (nSPS) is 10.6. The SMILES string of the molecule is COc1cc(/C=C/C(=O)Cl)ccc1OC(=O)c1ccc(Cl)cc1. The fraction of sp³-hybridized carbons (Fsp3) is 0.0588. The molecule has 0 fully saturated rings. The second-order valence-corrected chi connectivity index (χ2v) is 5.25. The van der Waals surface area contributed by atoms with E-state index >= 15 is 0 Å². The van der Waals surface area contributed by atoms with E-state index in [-0.39, 0.29) is 5.75 Å². The van der Waals surface area contributed by atoms with Crippen LogP contribution in [0.15, 0.2) is 48.5 Å². The van der Waals surface area contributed by atoms with Gasteiger partial charge in [0.05, 0.1) is 12.7 Å². The van der Waals surface area contributed by atoms with Crippen LogP contribution in [-0.2, 0) is 4.79 Å². The number of carbonyl (C=O) groups excluding carboxylic acids is 2. The number of hydrogen-bond acceptors (Lipinski definition) is 4. The highest BCUT2D eigenvalue weighted by molar-refractivity contribution is 6.66. The van der Waals surface area contributed by atoms with Gasteiger partial charge in [0.25, 0.3) is 0 Å². The molecule has 0 N–H and O–H groups in total. The highest BCUT2D eigenvalue weighted by Crippen LogP contribution is 2.29. The molecule has 0 amide bonds. The van der Waals surface area contributed by atoms with E-state index in [1.165, 1.54) is 19.3 Å². The van der Waals surface area contributed by atoms with Crippen LogP contribution in [0.1, 0.15) is 15.9 Å². The van der Waals surface area contributed by atoms with Gasteiger partial charge in [-0.25, -0.2) is 4.79 Å². The first kappa shape index (κ1) is 17.1. The Morgan fingerprint density at radius 2 is 1.74 bits per heavy atom. The van der Waals surface area contributed by atoms with Crippen LogP contribution in [0.2, 0.25) is 5.02 Å². The molecule has 0 aliphatic rings. The number of methoxy groups -OCH3 is 1. The third kappa shape index (κ3) is 4.84. The maximum absolute atomic E-state index is 12.1. The van der Waals surface area contributed by atoms with Gasteiger partial charge in [0.15, 0.2) is 11.5 Å². The molecule has 0 spiro atoms. The molecule has 0 unspecified atom stereocenters. The molecule has 0 atom stereocenters. The molecule has 2 aromatic carbocycles. The fourth-order valence-corrected chi connectivity index (χ4v) is 1.97. The standard InChI is InChI=1S/C17H12Cl2O4/c1-22-15-10-11(3-9-16(19)20)2-8-14(15)23-17(21)12-4-6-13(18)7-5-12/h2-10H,1H3/b9-3+. The van der Waals surface area contributed by atoms with Gasteiger partial charge < -0.3 is 9.47 Å². The number of carbonyl (C=O) groups is 2. The third-order valence-electron chi connectivity index (χ3n) is 2.88. The molecule has 0 saturated heterocycles. The Hall–Kier alpha value is -2.30. The molecule has 118 valence electrons. The summed E-state index contributed by atoms with van der Waals surface area (Å²) in [4.78, 5) is 22.8. The number of ether oxygens (including phenoxy) is 2. The van der Waals surface area contributed by atoms with Crippen molar-refractivity contribution in [3.8, 4) is 11.5 Å². The molecule has 0 aliphatic carbocycles. The monoisotopic (exact) mass is 350 g/mol. The first-order chi connectivity index (χ1) is 11.0. The van der Waals surface area contributed by atoms with E-state index in [1.54, 1.807) is 42.5 Å². The summed E-state index contributed by atoms with van der Waals surface area (Å²) in [5.41, 5.74) is 1.05. The number of allylic oxidation sites excluding steroid dienone is 1. The average molecular weight is 351 g/mol. The number of halogens is 2. The molecule has 0 bridgehead atoms. The summed E-state index contributed by atoms with van der Waals surface area (Å²) in [7, 11) is 1.45. The maximum Gasteiger partial charge on any atom is 0.343 e. The van der Waals surface area contributed by atoms with Gasteiger partial charge in [0.2, 0.25) is 5.24 Å². The van der Waals surface area contributed by atoms with Crippen LogP contribution in [0, 0.1) is 0 Å². The lowest BCUT2D eigenvalue weighted by Gasteiger charge is -2.10. The Kier molecular flexibility index (Phi) is 5.79. The highest BCUT2D eigenvalue weighted by atomic mass is 35.5. The minimum Gasteiger partial charge on any atom is -0.493 e. The van der Waals surface area contributed by atoms with E-state index in [9.17, 15) is 9.59 Å². The van der Waals surface area contributed by atoms with Gasteiger partial charge in [0.1, 0.15) is 0 Å². The first-order valence-electron chi connectivity index (χ1n) is 6.53. The van der Waals surface area contributed by atoms with Crippen molar-refractivity contribution >= 4 is 40.5 Å². The van der Waals surface area contributed by atoms with Crippen molar-refractivity contribution < 1.29 is 19.1 Å². The van der Waals surface area contributed by atoms with Crippen LogP contribution in [0.4, 0.5) is 0 Å². The van der Waals surface area contributed by atoms with E-state index in [2.05, 4.69) is 0 Å². The predicted octanol–water partition coefficient (Wildman–Crippen LogP) is 4.35. The Balaban J connectivity index is 2.20. The van der Waals surface area contributed by atoms with Gasteiger partial charge in [-0.15, -0.1) is 0 Å². The Bertz CT molecular complexity index is 752.